The number of halogens is 2. The largest absolute Gasteiger partial charge is 0.385 e. The average molecular weight is 480 g/mol. The molecule has 1 aliphatic rings. The standard InChI is InChI=1S/C19H30ClN3O.HI/c1-21-18(22-13-9-16-5-7-17(20)8-6-16)23-15-19(12-14-24-2)10-3-4-11-19;/h5-8H,3-4,9-15H2,1-2H3,(H2,21,22,23);1H. The Labute approximate surface area is 174 Å². The Morgan fingerprint density at radius 3 is 2.48 bits per heavy atom. The molecule has 0 heterocycles. The lowest BCUT2D eigenvalue weighted by atomic mass is 9.83. The SMILES string of the molecule is CN=C(NCCc1ccc(Cl)cc1)NCC1(CCOC)CCCC1.I. The van der Waals surface area contributed by atoms with Gasteiger partial charge in [-0.25, -0.2) is 0 Å². The summed E-state index contributed by atoms with van der Waals surface area (Å²) < 4.78 is 5.30. The third kappa shape index (κ3) is 7.71. The number of guanidine groups is 1. The minimum Gasteiger partial charge on any atom is -0.385 e. The summed E-state index contributed by atoms with van der Waals surface area (Å²) in [6.45, 7) is 2.66. The molecule has 2 rings (SSSR count). The van der Waals surface area contributed by atoms with E-state index in [1.807, 2.05) is 19.2 Å². The number of rotatable bonds is 8. The molecule has 1 aliphatic carbocycles. The van der Waals surface area contributed by atoms with Crippen LogP contribution < -0.4 is 10.6 Å². The highest BCUT2D eigenvalue weighted by Crippen LogP contribution is 2.40. The summed E-state index contributed by atoms with van der Waals surface area (Å²) in [6.07, 6.45) is 7.29. The molecule has 0 radical (unpaired) electrons. The van der Waals surface area contributed by atoms with Gasteiger partial charge in [0.05, 0.1) is 0 Å². The summed E-state index contributed by atoms with van der Waals surface area (Å²) >= 11 is 5.92. The van der Waals surface area contributed by atoms with Crippen LogP contribution in [0.5, 0.6) is 0 Å². The van der Waals surface area contributed by atoms with Gasteiger partial charge in [-0.05, 0) is 48.8 Å². The molecule has 0 unspecified atom stereocenters. The summed E-state index contributed by atoms with van der Waals surface area (Å²) in [5.41, 5.74) is 1.64. The van der Waals surface area contributed by atoms with Gasteiger partial charge in [0.15, 0.2) is 5.96 Å². The highest BCUT2D eigenvalue weighted by atomic mass is 127. The number of hydrogen-bond acceptors (Lipinski definition) is 2. The lowest BCUT2D eigenvalue weighted by molar-refractivity contribution is 0.138. The summed E-state index contributed by atoms with van der Waals surface area (Å²) in [4.78, 5) is 4.35. The fourth-order valence-corrected chi connectivity index (χ4v) is 3.55. The Kier molecular flexibility index (Phi) is 10.8. The van der Waals surface area contributed by atoms with Crippen molar-refractivity contribution in [3.05, 3.63) is 34.9 Å². The smallest absolute Gasteiger partial charge is 0.191 e. The maximum Gasteiger partial charge on any atom is 0.191 e. The first kappa shape index (κ1) is 22.5. The zero-order valence-corrected chi connectivity index (χ0v) is 18.4. The maximum absolute atomic E-state index is 5.92. The van der Waals surface area contributed by atoms with Crippen LogP contribution in [-0.4, -0.2) is 39.8 Å². The molecule has 1 fully saturated rings. The zero-order chi connectivity index (χ0) is 17.3. The molecule has 0 aromatic heterocycles. The normalized spacial score (nSPS) is 16.4. The van der Waals surface area contributed by atoms with E-state index < -0.39 is 0 Å². The molecule has 2 N–H and O–H groups in total. The van der Waals surface area contributed by atoms with Gasteiger partial charge in [0.2, 0.25) is 0 Å². The Hall–Kier alpha value is -0.530. The third-order valence-electron chi connectivity index (χ3n) is 4.97. The Morgan fingerprint density at radius 1 is 1.20 bits per heavy atom. The van der Waals surface area contributed by atoms with E-state index in [-0.39, 0.29) is 24.0 Å². The van der Waals surface area contributed by atoms with Crippen LogP contribution in [0.2, 0.25) is 5.02 Å². The fourth-order valence-electron chi connectivity index (χ4n) is 3.43. The molecule has 0 bridgehead atoms. The zero-order valence-electron chi connectivity index (χ0n) is 15.3. The lowest BCUT2D eigenvalue weighted by Gasteiger charge is -2.30. The van der Waals surface area contributed by atoms with E-state index in [2.05, 4.69) is 27.8 Å². The van der Waals surface area contributed by atoms with Crippen LogP contribution in [0.15, 0.2) is 29.3 Å². The maximum atomic E-state index is 5.92. The van der Waals surface area contributed by atoms with Gasteiger partial charge in [-0.15, -0.1) is 24.0 Å². The molecule has 142 valence electrons. The van der Waals surface area contributed by atoms with Gasteiger partial charge < -0.3 is 15.4 Å². The van der Waals surface area contributed by atoms with Crippen LogP contribution >= 0.6 is 35.6 Å². The van der Waals surface area contributed by atoms with Crippen molar-refractivity contribution in [1.29, 1.82) is 0 Å². The van der Waals surface area contributed by atoms with Gasteiger partial charge >= 0.3 is 0 Å². The second-order valence-electron chi connectivity index (χ2n) is 6.68. The number of ether oxygens (including phenoxy) is 1. The van der Waals surface area contributed by atoms with Crippen molar-refractivity contribution < 1.29 is 4.74 Å². The first-order valence-corrected chi connectivity index (χ1v) is 9.23. The predicted molar refractivity (Wildman–Crippen MR) is 117 cm³/mol. The van der Waals surface area contributed by atoms with Crippen LogP contribution in [0.3, 0.4) is 0 Å². The second-order valence-corrected chi connectivity index (χ2v) is 7.12. The highest BCUT2D eigenvalue weighted by molar-refractivity contribution is 14.0. The Bertz CT molecular complexity index is 516. The lowest BCUT2D eigenvalue weighted by Crippen LogP contribution is -2.43. The average Bonchev–Trinajstić information content (AvgIpc) is 3.07. The van der Waals surface area contributed by atoms with Crippen molar-refractivity contribution in [1.82, 2.24) is 10.6 Å². The van der Waals surface area contributed by atoms with E-state index in [0.29, 0.717) is 5.41 Å². The summed E-state index contributed by atoms with van der Waals surface area (Å²) in [5, 5.41) is 7.70. The molecule has 0 amide bonds. The monoisotopic (exact) mass is 479 g/mol. The molecule has 0 saturated heterocycles. The van der Waals surface area contributed by atoms with Crippen molar-refractivity contribution in [3.63, 3.8) is 0 Å². The van der Waals surface area contributed by atoms with E-state index in [9.17, 15) is 0 Å². The first-order valence-electron chi connectivity index (χ1n) is 8.85. The number of methoxy groups -OCH3 is 1. The van der Waals surface area contributed by atoms with Crippen LogP contribution in [0.4, 0.5) is 0 Å². The molecular formula is C19H31ClIN3O. The van der Waals surface area contributed by atoms with Gasteiger partial charge in [-0.2, -0.15) is 0 Å². The number of aliphatic imine (C=N–C) groups is 1. The quantitative estimate of drug-likeness (QED) is 0.333. The molecule has 0 spiro atoms. The molecule has 1 saturated carbocycles. The molecule has 25 heavy (non-hydrogen) atoms. The first-order chi connectivity index (χ1) is 11.7. The molecule has 4 nitrogen and oxygen atoms in total. The van der Waals surface area contributed by atoms with Gasteiger partial charge in [-0.1, -0.05) is 36.6 Å². The highest BCUT2D eigenvalue weighted by Gasteiger charge is 2.33. The topological polar surface area (TPSA) is 45.7 Å². The van der Waals surface area contributed by atoms with Crippen molar-refractivity contribution in [2.75, 3.05) is 33.9 Å². The van der Waals surface area contributed by atoms with Crippen LogP contribution in [-0.2, 0) is 11.2 Å². The Morgan fingerprint density at radius 2 is 1.88 bits per heavy atom. The second kappa shape index (κ2) is 12.0. The minimum absolute atomic E-state index is 0. The molecule has 0 aliphatic heterocycles. The minimum atomic E-state index is 0. The molecule has 0 atom stereocenters. The van der Waals surface area contributed by atoms with E-state index >= 15 is 0 Å². The number of nitrogens with zero attached hydrogens (tertiary/aromatic N) is 1. The van der Waals surface area contributed by atoms with Crippen LogP contribution in [0.1, 0.15) is 37.7 Å². The molecule has 1 aromatic carbocycles. The van der Waals surface area contributed by atoms with Crippen LogP contribution in [0, 0.1) is 5.41 Å². The number of benzene rings is 1. The van der Waals surface area contributed by atoms with Crippen molar-refractivity contribution >= 4 is 41.5 Å². The summed E-state index contributed by atoms with van der Waals surface area (Å²) in [5.74, 6) is 0.882. The molecule has 6 heteroatoms. The Balaban J connectivity index is 0.00000312. The number of nitrogens with one attached hydrogen (secondary N) is 2. The predicted octanol–water partition coefficient (Wildman–Crippen LogP) is 4.26. The van der Waals surface area contributed by atoms with Gasteiger partial charge in [0, 0.05) is 38.9 Å². The van der Waals surface area contributed by atoms with E-state index in [4.69, 9.17) is 16.3 Å². The summed E-state index contributed by atoms with van der Waals surface area (Å²) in [6, 6.07) is 8.00. The number of hydrogen-bond donors (Lipinski definition) is 2. The van der Waals surface area contributed by atoms with E-state index in [0.717, 1.165) is 43.5 Å². The molecule has 1 aromatic rings. The van der Waals surface area contributed by atoms with Crippen molar-refractivity contribution in [3.8, 4) is 0 Å². The van der Waals surface area contributed by atoms with Crippen molar-refractivity contribution in [2.45, 2.75) is 38.5 Å². The summed E-state index contributed by atoms with van der Waals surface area (Å²) in [7, 11) is 3.61. The van der Waals surface area contributed by atoms with E-state index in [1.165, 1.54) is 31.2 Å². The van der Waals surface area contributed by atoms with Crippen LogP contribution in [0.25, 0.3) is 0 Å². The van der Waals surface area contributed by atoms with Gasteiger partial charge in [0.25, 0.3) is 0 Å². The fraction of sp³-hybridized carbons (Fsp3) is 0.632. The van der Waals surface area contributed by atoms with E-state index in [1.54, 1.807) is 7.11 Å². The van der Waals surface area contributed by atoms with Gasteiger partial charge in [0.1, 0.15) is 0 Å². The third-order valence-corrected chi connectivity index (χ3v) is 5.23. The van der Waals surface area contributed by atoms with Gasteiger partial charge in [-0.3, -0.25) is 4.99 Å². The van der Waals surface area contributed by atoms with Crippen molar-refractivity contribution in [2.24, 2.45) is 10.4 Å². The molecular weight excluding hydrogens is 449 g/mol.